The first-order chi connectivity index (χ1) is 13.6. The summed E-state index contributed by atoms with van der Waals surface area (Å²) in [6.45, 7) is 6.10. The molecule has 0 bridgehead atoms. The van der Waals surface area contributed by atoms with Crippen molar-refractivity contribution in [3.63, 3.8) is 0 Å². The van der Waals surface area contributed by atoms with Gasteiger partial charge in [0.25, 0.3) is 5.91 Å². The van der Waals surface area contributed by atoms with Gasteiger partial charge in [0.15, 0.2) is 0 Å². The van der Waals surface area contributed by atoms with Crippen LogP contribution in [0.25, 0.3) is 0 Å². The Morgan fingerprint density at radius 2 is 1.89 bits per heavy atom. The largest absolute Gasteiger partial charge is 0.489 e. The van der Waals surface area contributed by atoms with Crippen LogP contribution in [-0.4, -0.2) is 18.5 Å². The fraction of sp³-hybridized carbons (Fsp3) is 0.182. The lowest BCUT2D eigenvalue weighted by Gasteiger charge is -2.29. The molecule has 0 radical (unpaired) electrons. The molecule has 3 N–H and O–H groups in total. The van der Waals surface area contributed by atoms with E-state index in [1.165, 1.54) is 0 Å². The molecule has 6 nitrogen and oxygen atoms in total. The van der Waals surface area contributed by atoms with Crippen molar-refractivity contribution < 1.29 is 14.3 Å². The summed E-state index contributed by atoms with van der Waals surface area (Å²) >= 11 is 0. The number of para-hydroxylation sites is 1. The highest BCUT2D eigenvalue weighted by Crippen LogP contribution is 2.33. The molecule has 1 aliphatic rings. The summed E-state index contributed by atoms with van der Waals surface area (Å²) in [6.07, 6.45) is 1.65. The molecule has 0 saturated carbocycles. The van der Waals surface area contributed by atoms with Crippen LogP contribution in [0.3, 0.4) is 0 Å². The molecule has 0 saturated heterocycles. The summed E-state index contributed by atoms with van der Waals surface area (Å²) in [5.74, 6) is 0.341. The Morgan fingerprint density at radius 1 is 1.18 bits per heavy atom. The van der Waals surface area contributed by atoms with Gasteiger partial charge in [-0.05, 0) is 18.6 Å². The summed E-state index contributed by atoms with van der Waals surface area (Å²) in [5, 5.41) is 8.45. The molecule has 0 fully saturated rings. The first kappa shape index (κ1) is 19.2. The number of allylic oxidation sites excluding steroid dienone is 1. The molecule has 1 atom stereocenters. The van der Waals surface area contributed by atoms with E-state index in [9.17, 15) is 9.59 Å². The second-order valence-corrected chi connectivity index (χ2v) is 6.38. The number of amides is 3. The molecule has 0 unspecified atom stereocenters. The Bertz CT molecular complexity index is 906. The molecule has 144 valence electrons. The van der Waals surface area contributed by atoms with Crippen LogP contribution in [0.5, 0.6) is 5.75 Å². The molecule has 28 heavy (non-hydrogen) atoms. The van der Waals surface area contributed by atoms with Crippen LogP contribution in [0.15, 0.2) is 78.5 Å². The quantitative estimate of drug-likeness (QED) is 0.649. The number of carbonyl (C=O) groups excluding carboxylic acids is 2. The van der Waals surface area contributed by atoms with Crippen LogP contribution in [0, 0.1) is 0 Å². The second kappa shape index (κ2) is 8.90. The maximum atomic E-state index is 13.0. The third kappa shape index (κ3) is 4.40. The summed E-state index contributed by atoms with van der Waals surface area (Å²) in [6, 6.07) is 16.0. The normalized spacial score (nSPS) is 16.0. The third-order valence-corrected chi connectivity index (χ3v) is 4.40. The summed E-state index contributed by atoms with van der Waals surface area (Å²) in [5.41, 5.74) is 2.67. The number of nitrogens with one attached hydrogen (secondary N) is 3. The molecule has 2 aromatic carbocycles. The van der Waals surface area contributed by atoms with Crippen molar-refractivity contribution in [2.24, 2.45) is 0 Å². The third-order valence-electron chi connectivity index (χ3n) is 4.40. The zero-order valence-corrected chi connectivity index (χ0v) is 15.7. The number of benzene rings is 2. The highest BCUT2D eigenvalue weighted by atomic mass is 16.5. The van der Waals surface area contributed by atoms with E-state index in [1.807, 2.05) is 54.6 Å². The monoisotopic (exact) mass is 377 g/mol. The SMILES string of the molecule is C=CCOc1ccccc1[C@H]1NC(=O)NC(C)=C1C(=O)NCc1ccccc1. The van der Waals surface area contributed by atoms with Crippen molar-refractivity contribution in [1.82, 2.24) is 16.0 Å². The average Bonchev–Trinajstić information content (AvgIpc) is 2.71. The van der Waals surface area contributed by atoms with E-state index in [2.05, 4.69) is 22.5 Å². The van der Waals surface area contributed by atoms with Gasteiger partial charge in [0.05, 0.1) is 11.6 Å². The number of urea groups is 1. The summed E-state index contributed by atoms with van der Waals surface area (Å²) in [7, 11) is 0. The van der Waals surface area contributed by atoms with Crippen LogP contribution in [0.1, 0.15) is 24.1 Å². The van der Waals surface area contributed by atoms with Crippen LogP contribution >= 0.6 is 0 Å². The fourth-order valence-electron chi connectivity index (χ4n) is 3.10. The van der Waals surface area contributed by atoms with E-state index < -0.39 is 6.04 Å². The van der Waals surface area contributed by atoms with E-state index >= 15 is 0 Å². The number of rotatable bonds is 7. The minimum Gasteiger partial charge on any atom is -0.489 e. The van der Waals surface area contributed by atoms with E-state index in [1.54, 1.807) is 13.0 Å². The minimum absolute atomic E-state index is 0.252. The molecule has 0 aromatic heterocycles. The van der Waals surface area contributed by atoms with Crippen molar-refractivity contribution >= 4 is 11.9 Å². The van der Waals surface area contributed by atoms with Gasteiger partial charge in [-0.2, -0.15) is 0 Å². The van der Waals surface area contributed by atoms with Crippen molar-refractivity contribution in [2.45, 2.75) is 19.5 Å². The van der Waals surface area contributed by atoms with Crippen LogP contribution < -0.4 is 20.7 Å². The van der Waals surface area contributed by atoms with Crippen LogP contribution in [-0.2, 0) is 11.3 Å². The number of ether oxygens (including phenoxy) is 1. The lowest BCUT2D eigenvalue weighted by Crippen LogP contribution is -2.47. The molecule has 3 rings (SSSR count). The van der Waals surface area contributed by atoms with Gasteiger partial charge in [0, 0.05) is 17.8 Å². The van der Waals surface area contributed by atoms with Gasteiger partial charge >= 0.3 is 6.03 Å². The topological polar surface area (TPSA) is 79.5 Å². The van der Waals surface area contributed by atoms with Gasteiger partial charge in [-0.15, -0.1) is 0 Å². The molecule has 1 aliphatic heterocycles. The predicted molar refractivity (Wildman–Crippen MR) is 108 cm³/mol. The molecule has 1 heterocycles. The van der Waals surface area contributed by atoms with Gasteiger partial charge in [-0.1, -0.05) is 61.2 Å². The van der Waals surface area contributed by atoms with E-state index in [0.717, 1.165) is 5.56 Å². The smallest absolute Gasteiger partial charge is 0.319 e. The second-order valence-electron chi connectivity index (χ2n) is 6.38. The fourth-order valence-corrected chi connectivity index (χ4v) is 3.10. The molecule has 0 aliphatic carbocycles. The zero-order chi connectivity index (χ0) is 19.9. The Balaban J connectivity index is 1.89. The Hall–Kier alpha value is -3.54. The van der Waals surface area contributed by atoms with Gasteiger partial charge in [0.1, 0.15) is 12.4 Å². The van der Waals surface area contributed by atoms with Crippen molar-refractivity contribution in [2.75, 3.05) is 6.61 Å². The van der Waals surface area contributed by atoms with Crippen molar-refractivity contribution in [3.05, 3.63) is 89.6 Å². The number of hydrogen-bond acceptors (Lipinski definition) is 3. The van der Waals surface area contributed by atoms with Crippen molar-refractivity contribution in [1.29, 1.82) is 0 Å². The molecule has 0 spiro atoms. The number of carbonyl (C=O) groups is 2. The lowest BCUT2D eigenvalue weighted by atomic mass is 9.94. The van der Waals surface area contributed by atoms with E-state index in [-0.39, 0.29) is 11.9 Å². The number of hydrogen-bond donors (Lipinski definition) is 3. The van der Waals surface area contributed by atoms with E-state index in [0.29, 0.717) is 35.7 Å². The van der Waals surface area contributed by atoms with Gasteiger partial charge in [-0.3, -0.25) is 4.79 Å². The average molecular weight is 377 g/mol. The maximum Gasteiger partial charge on any atom is 0.319 e. The predicted octanol–water partition coefficient (Wildman–Crippen LogP) is 3.20. The van der Waals surface area contributed by atoms with Crippen LogP contribution in [0.4, 0.5) is 4.79 Å². The maximum absolute atomic E-state index is 13.0. The molecular formula is C22H23N3O3. The van der Waals surface area contributed by atoms with Gasteiger partial charge < -0.3 is 20.7 Å². The molecule has 6 heteroatoms. The zero-order valence-electron chi connectivity index (χ0n) is 15.7. The highest BCUT2D eigenvalue weighted by Gasteiger charge is 2.32. The molecule has 3 amide bonds. The standard InChI is InChI=1S/C22H23N3O3/c1-3-13-28-18-12-8-7-11-17(18)20-19(15(2)24-22(27)25-20)21(26)23-14-16-9-5-4-6-10-16/h3-12,20H,1,13-14H2,2H3,(H,23,26)(H2,24,25,27)/t20-/m1/s1. The van der Waals surface area contributed by atoms with Crippen molar-refractivity contribution in [3.8, 4) is 5.75 Å². The molecular weight excluding hydrogens is 354 g/mol. The lowest BCUT2D eigenvalue weighted by molar-refractivity contribution is -0.118. The highest BCUT2D eigenvalue weighted by molar-refractivity contribution is 5.98. The summed E-state index contributed by atoms with van der Waals surface area (Å²) in [4.78, 5) is 25.1. The summed E-state index contributed by atoms with van der Waals surface area (Å²) < 4.78 is 5.72. The van der Waals surface area contributed by atoms with Gasteiger partial charge in [-0.25, -0.2) is 4.79 Å². The Morgan fingerprint density at radius 3 is 2.64 bits per heavy atom. The minimum atomic E-state index is -0.620. The van der Waals surface area contributed by atoms with Crippen LogP contribution in [0.2, 0.25) is 0 Å². The van der Waals surface area contributed by atoms with Gasteiger partial charge in [0.2, 0.25) is 0 Å². The first-order valence-corrected chi connectivity index (χ1v) is 9.03. The molecule has 2 aromatic rings. The van der Waals surface area contributed by atoms with E-state index in [4.69, 9.17) is 4.74 Å². The first-order valence-electron chi connectivity index (χ1n) is 9.03. The Labute approximate surface area is 164 Å². The Kier molecular flexibility index (Phi) is 6.11.